The molecule has 5 heteroatoms. The number of pyridine rings is 1. The highest BCUT2D eigenvalue weighted by molar-refractivity contribution is 9.10. The van der Waals surface area contributed by atoms with Gasteiger partial charge in [0.25, 0.3) is 0 Å². The molecule has 0 saturated heterocycles. The van der Waals surface area contributed by atoms with Gasteiger partial charge in [-0.2, -0.15) is 0 Å². The van der Waals surface area contributed by atoms with Crippen molar-refractivity contribution in [3.63, 3.8) is 0 Å². The molecule has 1 N–H and O–H groups in total. The zero-order valence-corrected chi connectivity index (χ0v) is 12.1. The van der Waals surface area contributed by atoms with Crippen LogP contribution >= 0.6 is 15.9 Å². The molecule has 0 bridgehead atoms. The van der Waals surface area contributed by atoms with Crippen LogP contribution in [0.3, 0.4) is 0 Å². The minimum absolute atomic E-state index is 0.304. The van der Waals surface area contributed by atoms with Gasteiger partial charge in [0.2, 0.25) is 0 Å². The largest absolute Gasteiger partial charge is 0.456 e. The van der Waals surface area contributed by atoms with Crippen LogP contribution in [0.1, 0.15) is 12.6 Å². The lowest BCUT2D eigenvalue weighted by Crippen LogP contribution is -2.12. The van der Waals surface area contributed by atoms with Crippen LogP contribution in [0.15, 0.2) is 41.0 Å². The number of hydrogen-bond donors (Lipinski definition) is 1. The Morgan fingerprint density at radius 3 is 2.89 bits per heavy atom. The van der Waals surface area contributed by atoms with Gasteiger partial charge in [0, 0.05) is 18.8 Å². The molecule has 2 aromatic rings. The van der Waals surface area contributed by atoms with Crippen molar-refractivity contribution in [2.75, 3.05) is 6.54 Å². The first-order valence-corrected chi connectivity index (χ1v) is 6.77. The fraction of sp³-hybridized carbons (Fsp3) is 0.214. The summed E-state index contributed by atoms with van der Waals surface area (Å²) >= 11 is 3.27. The summed E-state index contributed by atoms with van der Waals surface area (Å²) in [4.78, 5) is 4.24. The summed E-state index contributed by atoms with van der Waals surface area (Å²) in [5.41, 5.74) is 0.901. The van der Waals surface area contributed by atoms with E-state index < -0.39 is 0 Å². The Balaban J connectivity index is 2.14. The monoisotopic (exact) mass is 324 g/mol. The molecule has 0 aliphatic heterocycles. The molecule has 0 fully saturated rings. The standard InChI is InChI=1S/C14H14BrFN2O/c1-2-17-9-11-8-12(5-6-18-11)19-14-4-3-10(16)7-13(14)15/h3-8,17H,2,9H2,1H3. The normalized spacial score (nSPS) is 10.5. The van der Waals surface area contributed by atoms with E-state index in [1.54, 1.807) is 18.3 Å². The molecule has 0 radical (unpaired) electrons. The van der Waals surface area contributed by atoms with E-state index in [0.717, 1.165) is 12.2 Å². The van der Waals surface area contributed by atoms with Crippen LogP contribution < -0.4 is 10.1 Å². The fourth-order valence-corrected chi connectivity index (χ4v) is 1.99. The number of halogens is 2. The summed E-state index contributed by atoms with van der Waals surface area (Å²) < 4.78 is 19.3. The van der Waals surface area contributed by atoms with Crippen molar-refractivity contribution < 1.29 is 9.13 Å². The van der Waals surface area contributed by atoms with E-state index in [1.807, 2.05) is 13.0 Å². The molecule has 1 heterocycles. The van der Waals surface area contributed by atoms with Crippen molar-refractivity contribution in [1.82, 2.24) is 10.3 Å². The summed E-state index contributed by atoms with van der Waals surface area (Å²) in [5.74, 6) is 0.944. The Morgan fingerprint density at radius 1 is 1.32 bits per heavy atom. The second kappa shape index (κ2) is 6.63. The summed E-state index contributed by atoms with van der Waals surface area (Å²) in [6.45, 7) is 3.62. The number of aromatic nitrogens is 1. The third-order valence-electron chi connectivity index (χ3n) is 2.47. The van der Waals surface area contributed by atoms with Crippen molar-refractivity contribution >= 4 is 15.9 Å². The minimum Gasteiger partial charge on any atom is -0.456 e. The predicted octanol–water partition coefficient (Wildman–Crippen LogP) is 3.89. The van der Waals surface area contributed by atoms with Crippen LogP contribution in [0.4, 0.5) is 4.39 Å². The molecule has 3 nitrogen and oxygen atoms in total. The second-order valence-electron chi connectivity index (χ2n) is 3.94. The Morgan fingerprint density at radius 2 is 2.16 bits per heavy atom. The van der Waals surface area contributed by atoms with Crippen LogP contribution in [-0.4, -0.2) is 11.5 Å². The first-order valence-electron chi connectivity index (χ1n) is 5.97. The van der Waals surface area contributed by atoms with Gasteiger partial charge in [0.1, 0.15) is 17.3 Å². The molecule has 100 valence electrons. The number of benzene rings is 1. The molecule has 0 aliphatic rings. The maximum absolute atomic E-state index is 13.0. The maximum atomic E-state index is 13.0. The first-order chi connectivity index (χ1) is 9.19. The van der Waals surface area contributed by atoms with Gasteiger partial charge in [-0.3, -0.25) is 4.98 Å². The Hall–Kier alpha value is -1.46. The van der Waals surface area contributed by atoms with Crippen molar-refractivity contribution in [2.45, 2.75) is 13.5 Å². The van der Waals surface area contributed by atoms with Crippen molar-refractivity contribution in [1.29, 1.82) is 0 Å². The molecule has 0 amide bonds. The van der Waals surface area contributed by atoms with Gasteiger partial charge in [-0.15, -0.1) is 0 Å². The van der Waals surface area contributed by atoms with Crippen molar-refractivity contribution in [2.24, 2.45) is 0 Å². The minimum atomic E-state index is -0.304. The topological polar surface area (TPSA) is 34.1 Å². The van der Waals surface area contributed by atoms with Gasteiger partial charge >= 0.3 is 0 Å². The van der Waals surface area contributed by atoms with Crippen molar-refractivity contribution in [3.8, 4) is 11.5 Å². The Labute approximate surface area is 119 Å². The first kappa shape index (κ1) is 14.0. The van der Waals surface area contributed by atoms with Gasteiger partial charge < -0.3 is 10.1 Å². The van der Waals surface area contributed by atoms with Crippen LogP contribution in [0.2, 0.25) is 0 Å². The summed E-state index contributed by atoms with van der Waals surface area (Å²) in [7, 11) is 0. The summed E-state index contributed by atoms with van der Waals surface area (Å²) in [6.07, 6.45) is 1.69. The van der Waals surface area contributed by atoms with Crippen LogP contribution in [0.25, 0.3) is 0 Å². The number of nitrogens with one attached hydrogen (secondary N) is 1. The molecule has 1 aromatic heterocycles. The smallest absolute Gasteiger partial charge is 0.141 e. The highest BCUT2D eigenvalue weighted by Crippen LogP contribution is 2.30. The molecule has 19 heavy (non-hydrogen) atoms. The van der Waals surface area contributed by atoms with Gasteiger partial charge in [-0.25, -0.2) is 4.39 Å². The molecule has 0 unspecified atom stereocenters. The fourth-order valence-electron chi connectivity index (χ4n) is 1.55. The average molecular weight is 325 g/mol. The SMILES string of the molecule is CCNCc1cc(Oc2ccc(F)cc2Br)ccn1. The Kier molecular flexibility index (Phi) is 4.87. The van der Waals surface area contributed by atoms with E-state index in [1.165, 1.54) is 12.1 Å². The Bertz CT molecular complexity index is 563. The zero-order chi connectivity index (χ0) is 13.7. The van der Waals surface area contributed by atoms with Gasteiger partial charge in [0.15, 0.2) is 0 Å². The molecule has 0 spiro atoms. The number of ether oxygens (including phenoxy) is 1. The number of nitrogens with zero attached hydrogens (tertiary/aromatic N) is 1. The molecule has 0 aliphatic carbocycles. The lowest BCUT2D eigenvalue weighted by molar-refractivity contribution is 0.475. The lowest BCUT2D eigenvalue weighted by Gasteiger charge is -2.09. The number of hydrogen-bond acceptors (Lipinski definition) is 3. The highest BCUT2D eigenvalue weighted by Gasteiger charge is 2.05. The molecular formula is C14H14BrFN2O. The maximum Gasteiger partial charge on any atom is 0.141 e. The molecular weight excluding hydrogens is 311 g/mol. The van der Waals surface area contributed by atoms with Crippen LogP contribution in [0, 0.1) is 5.82 Å². The number of rotatable bonds is 5. The van der Waals surface area contributed by atoms with E-state index in [0.29, 0.717) is 22.5 Å². The van der Waals surface area contributed by atoms with Crippen LogP contribution in [-0.2, 0) is 6.54 Å². The molecule has 2 rings (SSSR count). The van der Waals surface area contributed by atoms with Gasteiger partial charge in [0.05, 0.1) is 10.2 Å². The highest BCUT2D eigenvalue weighted by atomic mass is 79.9. The third-order valence-corrected chi connectivity index (χ3v) is 3.09. The lowest BCUT2D eigenvalue weighted by atomic mass is 10.3. The third kappa shape index (κ3) is 4.01. The van der Waals surface area contributed by atoms with E-state index in [4.69, 9.17) is 4.74 Å². The predicted molar refractivity (Wildman–Crippen MR) is 75.8 cm³/mol. The van der Waals surface area contributed by atoms with E-state index in [2.05, 4.69) is 26.2 Å². The molecule has 1 aromatic carbocycles. The van der Waals surface area contributed by atoms with E-state index >= 15 is 0 Å². The molecule has 0 saturated carbocycles. The quantitative estimate of drug-likeness (QED) is 0.906. The summed E-state index contributed by atoms with van der Waals surface area (Å²) in [6, 6.07) is 7.95. The summed E-state index contributed by atoms with van der Waals surface area (Å²) in [5, 5.41) is 3.20. The zero-order valence-electron chi connectivity index (χ0n) is 10.5. The van der Waals surface area contributed by atoms with E-state index in [9.17, 15) is 4.39 Å². The molecule has 0 atom stereocenters. The van der Waals surface area contributed by atoms with E-state index in [-0.39, 0.29) is 5.82 Å². The van der Waals surface area contributed by atoms with Gasteiger partial charge in [-0.1, -0.05) is 6.92 Å². The second-order valence-corrected chi connectivity index (χ2v) is 4.79. The average Bonchev–Trinajstić information content (AvgIpc) is 2.40. The van der Waals surface area contributed by atoms with Gasteiger partial charge in [-0.05, 0) is 46.7 Å². The van der Waals surface area contributed by atoms with Crippen LogP contribution in [0.5, 0.6) is 11.5 Å². The van der Waals surface area contributed by atoms with Crippen molar-refractivity contribution in [3.05, 3.63) is 52.5 Å².